The number of phenols is 1. The summed E-state index contributed by atoms with van der Waals surface area (Å²) in [5, 5.41) is 15.3. The zero-order valence-electron chi connectivity index (χ0n) is 8.54. The van der Waals surface area contributed by atoms with Crippen LogP contribution in [0.5, 0.6) is 5.75 Å². The van der Waals surface area contributed by atoms with Crippen molar-refractivity contribution in [2.24, 2.45) is 0 Å². The van der Waals surface area contributed by atoms with Crippen molar-refractivity contribution in [3.63, 3.8) is 0 Å². The molecule has 1 aromatic carbocycles. The van der Waals surface area contributed by atoms with Gasteiger partial charge in [-0.1, -0.05) is 6.07 Å². The first kappa shape index (κ1) is 11.7. The smallest absolute Gasteiger partial charge is 0.175 e. The highest BCUT2D eigenvalue weighted by Crippen LogP contribution is 2.25. The van der Waals surface area contributed by atoms with Gasteiger partial charge in [0.1, 0.15) is 0 Å². The van der Waals surface area contributed by atoms with E-state index >= 15 is 0 Å². The van der Waals surface area contributed by atoms with E-state index in [4.69, 9.17) is 12.2 Å². The third-order valence-corrected chi connectivity index (χ3v) is 1.87. The predicted molar refractivity (Wildman–Crippen MR) is 62.6 cm³/mol. The minimum Gasteiger partial charge on any atom is -0.503 e. The van der Waals surface area contributed by atoms with E-state index in [1.165, 1.54) is 12.1 Å². The van der Waals surface area contributed by atoms with E-state index in [1.807, 2.05) is 13.8 Å². The molecule has 0 heterocycles. The van der Waals surface area contributed by atoms with Crippen LogP contribution in [0.1, 0.15) is 13.8 Å². The van der Waals surface area contributed by atoms with Crippen molar-refractivity contribution in [1.29, 1.82) is 0 Å². The van der Waals surface area contributed by atoms with E-state index in [0.29, 0.717) is 5.11 Å². The molecule has 1 rings (SSSR count). The van der Waals surface area contributed by atoms with Gasteiger partial charge in [0.2, 0.25) is 0 Å². The largest absolute Gasteiger partial charge is 0.503 e. The van der Waals surface area contributed by atoms with Crippen molar-refractivity contribution in [2.75, 3.05) is 5.32 Å². The van der Waals surface area contributed by atoms with Gasteiger partial charge >= 0.3 is 0 Å². The molecule has 0 saturated heterocycles. The molecule has 0 saturated carbocycles. The number of hydrogen-bond acceptors (Lipinski definition) is 2. The van der Waals surface area contributed by atoms with Gasteiger partial charge in [-0.3, -0.25) is 0 Å². The minimum absolute atomic E-state index is 0.181. The molecule has 0 aliphatic carbocycles. The fraction of sp³-hybridized carbons (Fsp3) is 0.300. The number of rotatable bonds is 2. The Labute approximate surface area is 93.3 Å². The molecule has 0 radical (unpaired) electrons. The van der Waals surface area contributed by atoms with E-state index in [-0.39, 0.29) is 11.7 Å². The molecule has 82 valence electrons. The molecular weight excluding hydrogens is 215 g/mol. The highest BCUT2D eigenvalue weighted by atomic mass is 32.1. The van der Waals surface area contributed by atoms with Crippen molar-refractivity contribution in [3.8, 4) is 5.75 Å². The van der Waals surface area contributed by atoms with Crippen molar-refractivity contribution >= 4 is 23.0 Å². The summed E-state index contributed by atoms with van der Waals surface area (Å²) in [7, 11) is 0. The number of benzene rings is 1. The molecule has 0 spiro atoms. The Balaban J connectivity index is 2.73. The van der Waals surface area contributed by atoms with Gasteiger partial charge < -0.3 is 15.7 Å². The van der Waals surface area contributed by atoms with E-state index in [9.17, 15) is 9.50 Å². The Bertz CT molecular complexity index is 368. The molecule has 3 nitrogen and oxygen atoms in total. The number of phenolic OH excluding ortho intramolecular Hbond substituents is 1. The monoisotopic (exact) mass is 228 g/mol. The lowest BCUT2D eigenvalue weighted by molar-refractivity contribution is 0.435. The number of para-hydroxylation sites is 1. The molecule has 0 unspecified atom stereocenters. The van der Waals surface area contributed by atoms with Gasteiger partial charge in [-0.05, 0) is 38.2 Å². The average molecular weight is 228 g/mol. The average Bonchev–Trinajstić information content (AvgIpc) is 2.11. The molecule has 0 aliphatic heterocycles. The molecule has 0 atom stereocenters. The van der Waals surface area contributed by atoms with Crippen LogP contribution in [0.15, 0.2) is 18.2 Å². The summed E-state index contributed by atoms with van der Waals surface area (Å²) < 4.78 is 12.9. The van der Waals surface area contributed by atoms with Gasteiger partial charge in [-0.25, -0.2) is 4.39 Å². The molecule has 0 bridgehead atoms. The molecule has 1 aromatic rings. The zero-order chi connectivity index (χ0) is 11.4. The number of hydrogen-bond donors (Lipinski definition) is 3. The van der Waals surface area contributed by atoms with Crippen LogP contribution < -0.4 is 10.6 Å². The van der Waals surface area contributed by atoms with Crippen LogP contribution in [-0.4, -0.2) is 16.3 Å². The lowest BCUT2D eigenvalue weighted by Crippen LogP contribution is -2.33. The first-order valence-electron chi connectivity index (χ1n) is 4.55. The van der Waals surface area contributed by atoms with Crippen LogP contribution in [0.25, 0.3) is 0 Å². The SMILES string of the molecule is CC(C)NC(=S)Nc1cccc(F)c1O. The predicted octanol–water partition coefficient (Wildman–Crippen LogP) is 2.23. The normalized spacial score (nSPS) is 10.1. The fourth-order valence-corrected chi connectivity index (χ4v) is 1.38. The van der Waals surface area contributed by atoms with Crippen LogP contribution in [0, 0.1) is 5.82 Å². The zero-order valence-corrected chi connectivity index (χ0v) is 9.36. The number of thiocarbonyl (C=S) groups is 1. The number of halogens is 1. The lowest BCUT2D eigenvalue weighted by Gasteiger charge is -2.13. The Morgan fingerprint density at radius 1 is 1.47 bits per heavy atom. The lowest BCUT2D eigenvalue weighted by atomic mass is 10.3. The van der Waals surface area contributed by atoms with Crippen LogP contribution in [-0.2, 0) is 0 Å². The minimum atomic E-state index is -0.674. The first-order valence-corrected chi connectivity index (χ1v) is 4.96. The topological polar surface area (TPSA) is 44.3 Å². The Morgan fingerprint density at radius 3 is 2.73 bits per heavy atom. The van der Waals surface area contributed by atoms with Crippen LogP contribution in [0.4, 0.5) is 10.1 Å². The molecule has 3 N–H and O–H groups in total. The molecular formula is C10H13FN2OS. The van der Waals surface area contributed by atoms with E-state index in [1.54, 1.807) is 6.07 Å². The van der Waals surface area contributed by atoms with E-state index < -0.39 is 11.6 Å². The van der Waals surface area contributed by atoms with Crippen LogP contribution in [0.2, 0.25) is 0 Å². The highest BCUT2D eigenvalue weighted by molar-refractivity contribution is 7.80. The second-order valence-electron chi connectivity index (χ2n) is 3.39. The maximum atomic E-state index is 12.9. The number of nitrogens with one attached hydrogen (secondary N) is 2. The van der Waals surface area contributed by atoms with Gasteiger partial charge in [0, 0.05) is 6.04 Å². The van der Waals surface area contributed by atoms with Crippen LogP contribution >= 0.6 is 12.2 Å². The first-order chi connectivity index (χ1) is 7.00. The standard InChI is InChI=1S/C10H13FN2OS/c1-6(2)12-10(15)13-8-5-3-4-7(11)9(8)14/h3-6,14H,1-2H3,(H2,12,13,15). The summed E-state index contributed by atoms with van der Waals surface area (Å²) in [6, 6.07) is 4.40. The summed E-state index contributed by atoms with van der Waals surface area (Å²) in [5.74, 6) is -1.10. The third kappa shape index (κ3) is 3.36. The maximum Gasteiger partial charge on any atom is 0.175 e. The third-order valence-electron chi connectivity index (χ3n) is 1.65. The van der Waals surface area contributed by atoms with Crippen molar-refractivity contribution in [2.45, 2.75) is 19.9 Å². The summed E-state index contributed by atoms with van der Waals surface area (Å²) in [4.78, 5) is 0. The van der Waals surface area contributed by atoms with E-state index in [0.717, 1.165) is 0 Å². The quantitative estimate of drug-likeness (QED) is 0.536. The van der Waals surface area contributed by atoms with Gasteiger partial charge in [-0.2, -0.15) is 0 Å². The Morgan fingerprint density at radius 2 is 2.13 bits per heavy atom. The van der Waals surface area contributed by atoms with E-state index in [2.05, 4.69) is 10.6 Å². The molecule has 0 fully saturated rings. The number of aromatic hydroxyl groups is 1. The summed E-state index contributed by atoms with van der Waals surface area (Å²) in [6.45, 7) is 3.86. The molecule has 0 aromatic heterocycles. The molecule has 15 heavy (non-hydrogen) atoms. The molecule has 0 aliphatic rings. The summed E-state index contributed by atoms with van der Waals surface area (Å²) in [6.07, 6.45) is 0. The van der Waals surface area contributed by atoms with Crippen molar-refractivity contribution in [1.82, 2.24) is 5.32 Å². The second kappa shape index (κ2) is 4.93. The fourth-order valence-electron chi connectivity index (χ4n) is 1.04. The van der Waals surface area contributed by atoms with Crippen LogP contribution in [0.3, 0.4) is 0 Å². The summed E-state index contributed by atoms with van der Waals surface area (Å²) >= 11 is 4.96. The Kier molecular flexibility index (Phi) is 3.85. The molecule has 0 amide bonds. The Hall–Kier alpha value is -1.36. The maximum absolute atomic E-state index is 12.9. The van der Waals surface area contributed by atoms with Crippen molar-refractivity contribution < 1.29 is 9.50 Å². The van der Waals surface area contributed by atoms with Gasteiger partial charge in [0.05, 0.1) is 5.69 Å². The highest BCUT2D eigenvalue weighted by Gasteiger charge is 2.07. The van der Waals surface area contributed by atoms with Gasteiger partial charge in [-0.15, -0.1) is 0 Å². The van der Waals surface area contributed by atoms with Crippen molar-refractivity contribution in [3.05, 3.63) is 24.0 Å². The van der Waals surface area contributed by atoms with Gasteiger partial charge in [0.15, 0.2) is 16.7 Å². The molecule has 5 heteroatoms. The number of anilines is 1. The van der Waals surface area contributed by atoms with Gasteiger partial charge in [0.25, 0.3) is 0 Å². The summed E-state index contributed by atoms with van der Waals surface area (Å²) in [5.41, 5.74) is 0.258. The second-order valence-corrected chi connectivity index (χ2v) is 3.80.